The number of carbonyl (C=O) groups is 1. The minimum atomic E-state index is -0.0940. The lowest BCUT2D eigenvalue weighted by Gasteiger charge is -2.23. The van der Waals surface area contributed by atoms with Gasteiger partial charge in [-0.15, -0.1) is 0 Å². The van der Waals surface area contributed by atoms with Crippen LogP contribution >= 0.6 is 0 Å². The molecule has 0 saturated carbocycles. The highest BCUT2D eigenvalue weighted by Gasteiger charge is 2.17. The van der Waals surface area contributed by atoms with Crippen molar-refractivity contribution < 1.29 is 9.53 Å². The van der Waals surface area contributed by atoms with Crippen molar-refractivity contribution in [3.8, 4) is 16.9 Å². The van der Waals surface area contributed by atoms with Crippen molar-refractivity contribution in [2.75, 3.05) is 6.61 Å². The van der Waals surface area contributed by atoms with Crippen LogP contribution in [0.15, 0.2) is 104 Å². The van der Waals surface area contributed by atoms with Gasteiger partial charge in [-0.1, -0.05) is 54.6 Å². The Balaban J connectivity index is 1.50. The molecular weight excluding hydrogens is 386 g/mol. The van der Waals surface area contributed by atoms with E-state index in [4.69, 9.17) is 4.74 Å². The van der Waals surface area contributed by atoms with Gasteiger partial charge in [0.2, 0.25) is 0 Å². The average Bonchev–Trinajstić information content (AvgIpc) is 2.84. The Bertz CT molecular complexity index is 1060. The summed E-state index contributed by atoms with van der Waals surface area (Å²) in [6.07, 6.45) is 6.96. The molecule has 0 aliphatic carbocycles. The lowest BCUT2D eigenvalue weighted by molar-refractivity contribution is -0.134. The maximum Gasteiger partial charge on any atom is 0.261 e. The van der Waals surface area contributed by atoms with Gasteiger partial charge in [0.1, 0.15) is 5.75 Å². The van der Waals surface area contributed by atoms with E-state index in [1.165, 1.54) is 0 Å². The van der Waals surface area contributed by atoms with E-state index in [0.29, 0.717) is 18.8 Å². The molecule has 0 bridgehead atoms. The molecule has 0 aliphatic rings. The summed E-state index contributed by atoms with van der Waals surface area (Å²) in [6, 6.07) is 25.4. The van der Waals surface area contributed by atoms with E-state index in [1.54, 1.807) is 29.7 Å². The van der Waals surface area contributed by atoms with Crippen LogP contribution in [0.25, 0.3) is 11.1 Å². The highest BCUT2D eigenvalue weighted by molar-refractivity contribution is 5.78. The zero-order valence-corrected chi connectivity index (χ0v) is 17.1. The fourth-order valence-corrected chi connectivity index (χ4v) is 3.33. The Hall–Kier alpha value is -3.99. The van der Waals surface area contributed by atoms with Crippen LogP contribution in [0.5, 0.6) is 5.75 Å². The van der Waals surface area contributed by atoms with Crippen LogP contribution in [0.3, 0.4) is 0 Å². The fourth-order valence-electron chi connectivity index (χ4n) is 3.33. The average molecular weight is 409 g/mol. The summed E-state index contributed by atoms with van der Waals surface area (Å²) < 4.78 is 5.99. The molecular formula is C26H23N3O2. The van der Waals surface area contributed by atoms with Crippen molar-refractivity contribution in [2.24, 2.45) is 0 Å². The number of hydrogen-bond acceptors (Lipinski definition) is 4. The summed E-state index contributed by atoms with van der Waals surface area (Å²) >= 11 is 0. The number of benzene rings is 2. The lowest BCUT2D eigenvalue weighted by Crippen LogP contribution is -2.34. The van der Waals surface area contributed by atoms with Crippen molar-refractivity contribution in [3.05, 3.63) is 115 Å². The molecule has 2 aromatic heterocycles. The lowest BCUT2D eigenvalue weighted by atomic mass is 10.1. The van der Waals surface area contributed by atoms with Crippen LogP contribution in [0.1, 0.15) is 11.1 Å². The van der Waals surface area contributed by atoms with Crippen molar-refractivity contribution >= 4 is 5.91 Å². The summed E-state index contributed by atoms with van der Waals surface area (Å²) in [7, 11) is 0. The van der Waals surface area contributed by atoms with Crippen LogP contribution in [0.4, 0.5) is 0 Å². The standard InChI is InChI=1S/C26H23N3O2/c30-26(20-31-25-11-5-4-10-24(25)23-8-2-1-3-9-23)29(18-21-12-15-27-16-13-21)19-22-7-6-14-28-17-22/h1-17H,18-20H2. The molecule has 5 nitrogen and oxygen atoms in total. The Kier molecular flexibility index (Phi) is 6.65. The third kappa shape index (κ3) is 5.54. The van der Waals surface area contributed by atoms with E-state index in [0.717, 1.165) is 22.3 Å². The summed E-state index contributed by atoms with van der Waals surface area (Å²) in [5, 5.41) is 0. The maximum atomic E-state index is 13.1. The van der Waals surface area contributed by atoms with Gasteiger partial charge < -0.3 is 9.64 Å². The third-order valence-corrected chi connectivity index (χ3v) is 4.89. The van der Waals surface area contributed by atoms with E-state index in [-0.39, 0.29) is 12.5 Å². The number of para-hydroxylation sites is 1. The second kappa shape index (κ2) is 10.2. The van der Waals surface area contributed by atoms with Crippen molar-refractivity contribution in [1.29, 1.82) is 0 Å². The molecule has 4 aromatic rings. The number of amides is 1. The van der Waals surface area contributed by atoms with Crippen molar-refractivity contribution in [3.63, 3.8) is 0 Å². The summed E-state index contributed by atoms with van der Waals surface area (Å²) in [5.41, 5.74) is 3.99. The first-order valence-electron chi connectivity index (χ1n) is 10.1. The number of pyridine rings is 2. The maximum absolute atomic E-state index is 13.1. The molecule has 4 rings (SSSR count). The van der Waals surface area contributed by atoms with E-state index in [9.17, 15) is 4.79 Å². The van der Waals surface area contributed by atoms with Gasteiger partial charge in [-0.3, -0.25) is 14.8 Å². The predicted molar refractivity (Wildman–Crippen MR) is 120 cm³/mol. The molecule has 0 aliphatic heterocycles. The Morgan fingerprint density at radius 3 is 2.26 bits per heavy atom. The molecule has 0 fully saturated rings. The van der Waals surface area contributed by atoms with Gasteiger partial charge in [-0.2, -0.15) is 0 Å². The summed E-state index contributed by atoms with van der Waals surface area (Å²) in [5.74, 6) is 0.593. The number of aromatic nitrogens is 2. The first-order valence-corrected chi connectivity index (χ1v) is 10.1. The molecule has 1 amide bonds. The number of ether oxygens (including phenoxy) is 1. The largest absolute Gasteiger partial charge is 0.483 e. The zero-order chi connectivity index (χ0) is 21.3. The topological polar surface area (TPSA) is 55.3 Å². The van der Waals surface area contributed by atoms with Crippen LogP contribution in [0, 0.1) is 0 Å². The second-order valence-electron chi connectivity index (χ2n) is 7.12. The van der Waals surface area contributed by atoms with Gasteiger partial charge in [-0.05, 0) is 41.0 Å². The van der Waals surface area contributed by atoms with Gasteiger partial charge in [-0.25, -0.2) is 0 Å². The molecule has 0 unspecified atom stereocenters. The monoisotopic (exact) mass is 409 g/mol. The van der Waals surface area contributed by atoms with Crippen LogP contribution in [0.2, 0.25) is 0 Å². The molecule has 2 heterocycles. The van der Waals surface area contributed by atoms with Crippen molar-refractivity contribution in [2.45, 2.75) is 13.1 Å². The smallest absolute Gasteiger partial charge is 0.261 e. The highest BCUT2D eigenvalue weighted by Crippen LogP contribution is 2.29. The Morgan fingerprint density at radius 2 is 1.48 bits per heavy atom. The molecule has 31 heavy (non-hydrogen) atoms. The normalized spacial score (nSPS) is 10.5. The van der Waals surface area contributed by atoms with Crippen LogP contribution in [-0.2, 0) is 17.9 Å². The second-order valence-corrected chi connectivity index (χ2v) is 7.12. The summed E-state index contributed by atoms with van der Waals surface area (Å²) in [6.45, 7) is 0.883. The van der Waals surface area contributed by atoms with E-state index in [1.807, 2.05) is 78.9 Å². The minimum Gasteiger partial charge on any atom is -0.483 e. The van der Waals surface area contributed by atoms with E-state index in [2.05, 4.69) is 9.97 Å². The SMILES string of the molecule is O=C(COc1ccccc1-c1ccccc1)N(Cc1ccncc1)Cc1cccnc1. The van der Waals surface area contributed by atoms with Gasteiger partial charge in [0, 0.05) is 43.4 Å². The quantitative estimate of drug-likeness (QED) is 0.421. The predicted octanol–water partition coefficient (Wildman–Crippen LogP) is 4.75. The van der Waals surface area contributed by atoms with Gasteiger partial charge in [0.15, 0.2) is 6.61 Å². The number of hydrogen-bond donors (Lipinski definition) is 0. The zero-order valence-electron chi connectivity index (χ0n) is 17.1. The molecule has 0 spiro atoms. The van der Waals surface area contributed by atoms with Crippen LogP contribution < -0.4 is 4.74 Å². The van der Waals surface area contributed by atoms with E-state index < -0.39 is 0 Å². The fraction of sp³-hybridized carbons (Fsp3) is 0.115. The summed E-state index contributed by atoms with van der Waals surface area (Å²) in [4.78, 5) is 23.1. The highest BCUT2D eigenvalue weighted by atomic mass is 16.5. The Morgan fingerprint density at radius 1 is 0.742 bits per heavy atom. The van der Waals surface area contributed by atoms with Gasteiger partial charge in [0.05, 0.1) is 0 Å². The molecule has 0 saturated heterocycles. The van der Waals surface area contributed by atoms with E-state index >= 15 is 0 Å². The third-order valence-electron chi connectivity index (χ3n) is 4.89. The molecule has 154 valence electrons. The molecule has 2 aromatic carbocycles. The number of rotatable bonds is 8. The van der Waals surface area contributed by atoms with Crippen molar-refractivity contribution in [1.82, 2.24) is 14.9 Å². The Labute approximate surface area is 182 Å². The number of nitrogens with zero attached hydrogens (tertiary/aromatic N) is 3. The molecule has 0 atom stereocenters. The molecule has 5 heteroatoms. The van der Waals surface area contributed by atoms with Gasteiger partial charge in [0.25, 0.3) is 5.91 Å². The minimum absolute atomic E-state index is 0.0464. The molecule has 0 N–H and O–H groups in total. The first-order chi connectivity index (χ1) is 15.3. The van der Waals surface area contributed by atoms with Crippen LogP contribution in [-0.4, -0.2) is 27.4 Å². The number of carbonyl (C=O) groups excluding carboxylic acids is 1. The first kappa shape index (κ1) is 20.3. The molecule has 0 radical (unpaired) electrons. The van der Waals surface area contributed by atoms with Gasteiger partial charge >= 0.3 is 0 Å².